The van der Waals surface area contributed by atoms with Crippen LogP contribution in [0.15, 0.2) is 60.7 Å². The van der Waals surface area contributed by atoms with Gasteiger partial charge < -0.3 is 0 Å². The van der Waals surface area contributed by atoms with E-state index in [-0.39, 0.29) is 5.54 Å². The third kappa shape index (κ3) is 1.67. The van der Waals surface area contributed by atoms with Gasteiger partial charge in [0, 0.05) is 0 Å². The van der Waals surface area contributed by atoms with Gasteiger partial charge in [0.15, 0.2) is 0 Å². The molecule has 2 aromatic carbocycles. The molecule has 1 saturated heterocycles. The predicted octanol–water partition coefficient (Wildman–Crippen LogP) is 3.88. The first-order chi connectivity index (χ1) is 8.75. The highest BCUT2D eigenvalue weighted by atomic mass is 15.2. The van der Waals surface area contributed by atoms with E-state index in [0.717, 1.165) is 0 Å². The maximum Gasteiger partial charge on any atom is 0.0661 e. The van der Waals surface area contributed by atoms with Crippen LogP contribution in [0.5, 0.6) is 0 Å². The highest BCUT2D eigenvalue weighted by Crippen LogP contribution is 2.53. The molecule has 0 radical (unpaired) electrons. The Labute approximate surface area is 109 Å². The molecule has 1 heteroatoms. The van der Waals surface area contributed by atoms with Crippen molar-refractivity contribution in [1.29, 1.82) is 0 Å². The van der Waals surface area contributed by atoms with Crippen molar-refractivity contribution in [3.63, 3.8) is 0 Å². The molecule has 0 spiro atoms. The molecular formula is C17H19N. The Hall–Kier alpha value is -1.60. The molecule has 0 aliphatic carbocycles. The molecule has 1 aliphatic heterocycles. The number of rotatable bonds is 3. The van der Waals surface area contributed by atoms with Crippen LogP contribution in [0.3, 0.4) is 0 Å². The minimum atomic E-state index is 0.114. The highest BCUT2D eigenvalue weighted by molar-refractivity contribution is 5.41. The summed E-state index contributed by atoms with van der Waals surface area (Å²) in [7, 11) is 0. The van der Waals surface area contributed by atoms with Gasteiger partial charge in [0.25, 0.3) is 0 Å². The van der Waals surface area contributed by atoms with Crippen LogP contribution in [0.1, 0.15) is 31.0 Å². The minimum Gasteiger partial charge on any atom is -0.297 e. The van der Waals surface area contributed by atoms with E-state index in [2.05, 4.69) is 79.8 Å². The predicted molar refractivity (Wildman–Crippen MR) is 75.3 cm³/mol. The molecule has 2 aromatic rings. The quantitative estimate of drug-likeness (QED) is 0.804. The van der Waals surface area contributed by atoms with E-state index in [1.54, 1.807) is 0 Å². The lowest BCUT2D eigenvalue weighted by Gasteiger charge is -2.20. The first-order valence-corrected chi connectivity index (χ1v) is 6.63. The monoisotopic (exact) mass is 237 g/mol. The summed E-state index contributed by atoms with van der Waals surface area (Å²) in [6.45, 7) is 4.59. The van der Waals surface area contributed by atoms with Crippen molar-refractivity contribution in [2.75, 3.05) is 0 Å². The average Bonchev–Trinajstić information content (AvgIpc) is 3.18. The van der Waals surface area contributed by atoms with E-state index in [1.807, 2.05) is 0 Å². The van der Waals surface area contributed by atoms with Crippen LogP contribution >= 0.6 is 0 Å². The van der Waals surface area contributed by atoms with Crippen molar-refractivity contribution in [1.82, 2.24) is 5.32 Å². The van der Waals surface area contributed by atoms with Gasteiger partial charge in [0.2, 0.25) is 0 Å². The Balaban J connectivity index is 1.98. The Morgan fingerprint density at radius 3 is 2.00 bits per heavy atom. The second-order valence-electron chi connectivity index (χ2n) is 5.38. The zero-order valence-electron chi connectivity index (χ0n) is 10.9. The normalized spacial score (nSPS) is 26.3. The summed E-state index contributed by atoms with van der Waals surface area (Å²) in [5, 5.41) is 3.71. The summed E-state index contributed by atoms with van der Waals surface area (Å²) < 4.78 is 0. The Morgan fingerprint density at radius 1 is 0.889 bits per heavy atom. The molecule has 3 rings (SSSR count). The summed E-state index contributed by atoms with van der Waals surface area (Å²) in [4.78, 5) is 0. The molecule has 92 valence electrons. The Bertz CT molecular complexity index is 518. The molecule has 1 aliphatic rings. The van der Waals surface area contributed by atoms with Crippen LogP contribution < -0.4 is 5.32 Å². The molecule has 0 saturated carbocycles. The topological polar surface area (TPSA) is 21.9 Å². The fourth-order valence-electron chi connectivity index (χ4n) is 2.99. The lowest BCUT2D eigenvalue weighted by molar-refractivity contribution is 0.455. The molecule has 2 atom stereocenters. The maximum absolute atomic E-state index is 3.71. The summed E-state index contributed by atoms with van der Waals surface area (Å²) >= 11 is 0. The van der Waals surface area contributed by atoms with E-state index in [4.69, 9.17) is 0 Å². The first-order valence-electron chi connectivity index (χ1n) is 6.63. The lowest BCUT2D eigenvalue weighted by Crippen LogP contribution is -2.20. The number of hydrogen-bond donors (Lipinski definition) is 1. The summed E-state index contributed by atoms with van der Waals surface area (Å²) in [5.74, 6) is 0.574. The zero-order chi connectivity index (χ0) is 12.6. The third-order valence-corrected chi connectivity index (χ3v) is 4.05. The summed E-state index contributed by atoms with van der Waals surface area (Å²) in [6.07, 6.45) is 0. The highest BCUT2D eigenvalue weighted by Gasteiger charge is 2.57. The number of nitrogens with one attached hydrogen (secondary N) is 1. The van der Waals surface area contributed by atoms with Crippen LogP contribution in [0, 0.1) is 5.92 Å². The van der Waals surface area contributed by atoms with E-state index in [9.17, 15) is 0 Å². The van der Waals surface area contributed by atoms with Gasteiger partial charge in [0.05, 0.1) is 11.6 Å². The number of benzene rings is 2. The number of hydrogen-bond acceptors (Lipinski definition) is 1. The van der Waals surface area contributed by atoms with Crippen LogP contribution in [0.25, 0.3) is 0 Å². The van der Waals surface area contributed by atoms with E-state index < -0.39 is 0 Å². The van der Waals surface area contributed by atoms with Gasteiger partial charge in [-0.05, 0) is 17.0 Å². The molecule has 0 bridgehead atoms. The molecular weight excluding hydrogens is 218 g/mol. The van der Waals surface area contributed by atoms with Gasteiger partial charge in [-0.15, -0.1) is 0 Å². The maximum atomic E-state index is 3.71. The first kappa shape index (κ1) is 11.5. The summed E-state index contributed by atoms with van der Waals surface area (Å²) in [5.41, 5.74) is 2.90. The van der Waals surface area contributed by atoms with Gasteiger partial charge in [-0.2, -0.15) is 0 Å². The molecule has 1 heterocycles. The van der Waals surface area contributed by atoms with Gasteiger partial charge in [0.1, 0.15) is 0 Å². The van der Waals surface area contributed by atoms with Crippen molar-refractivity contribution in [2.24, 2.45) is 5.92 Å². The third-order valence-electron chi connectivity index (χ3n) is 4.05. The molecule has 18 heavy (non-hydrogen) atoms. The fourth-order valence-corrected chi connectivity index (χ4v) is 2.99. The largest absolute Gasteiger partial charge is 0.297 e. The fraction of sp³-hybridized carbons (Fsp3) is 0.294. The molecule has 1 fully saturated rings. The molecule has 1 N–H and O–H groups in total. The second-order valence-corrected chi connectivity index (χ2v) is 5.38. The molecule has 0 aromatic heterocycles. The van der Waals surface area contributed by atoms with Crippen molar-refractivity contribution in [2.45, 2.75) is 25.4 Å². The van der Waals surface area contributed by atoms with Crippen molar-refractivity contribution in [3.8, 4) is 0 Å². The standard InChI is InChI=1S/C17H19N/c1-13(2)17(15-11-7-4-8-12-15)16(18-17)14-9-5-3-6-10-14/h3-13,16,18H,1-2H3/t16-,17+/m1/s1. The van der Waals surface area contributed by atoms with Crippen LogP contribution in [-0.2, 0) is 5.54 Å². The average molecular weight is 237 g/mol. The smallest absolute Gasteiger partial charge is 0.0661 e. The summed E-state index contributed by atoms with van der Waals surface area (Å²) in [6, 6.07) is 22.0. The molecule has 1 nitrogen and oxygen atoms in total. The molecule has 0 unspecified atom stereocenters. The van der Waals surface area contributed by atoms with Gasteiger partial charge in [-0.1, -0.05) is 74.5 Å². The SMILES string of the molecule is CC(C)[C@@]1(c2ccccc2)N[C@@H]1c1ccccc1. The zero-order valence-corrected chi connectivity index (χ0v) is 10.9. The van der Waals surface area contributed by atoms with Crippen molar-refractivity contribution >= 4 is 0 Å². The lowest BCUT2D eigenvalue weighted by atomic mass is 9.83. The Morgan fingerprint density at radius 2 is 1.44 bits per heavy atom. The minimum absolute atomic E-state index is 0.114. The molecule has 0 amide bonds. The van der Waals surface area contributed by atoms with Crippen LogP contribution in [0.2, 0.25) is 0 Å². The van der Waals surface area contributed by atoms with E-state index in [0.29, 0.717) is 12.0 Å². The Kier molecular flexibility index (Phi) is 2.71. The van der Waals surface area contributed by atoms with Crippen molar-refractivity contribution < 1.29 is 0 Å². The van der Waals surface area contributed by atoms with Crippen LogP contribution in [0.4, 0.5) is 0 Å². The van der Waals surface area contributed by atoms with Gasteiger partial charge in [-0.25, -0.2) is 0 Å². The second kappa shape index (κ2) is 4.25. The van der Waals surface area contributed by atoms with Crippen LogP contribution in [-0.4, -0.2) is 0 Å². The van der Waals surface area contributed by atoms with E-state index in [1.165, 1.54) is 11.1 Å². The van der Waals surface area contributed by atoms with Crippen molar-refractivity contribution in [3.05, 3.63) is 71.8 Å². The van der Waals surface area contributed by atoms with E-state index >= 15 is 0 Å². The van der Waals surface area contributed by atoms with Gasteiger partial charge in [-0.3, -0.25) is 5.32 Å². The van der Waals surface area contributed by atoms with Gasteiger partial charge >= 0.3 is 0 Å².